The lowest BCUT2D eigenvalue weighted by molar-refractivity contribution is 0.172. The lowest BCUT2D eigenvalue weighted by Crippen LogP contribution is -2.18. The molecule has 4 heteroatoms. The number of alkyl halides is 1. The maximum Gasteiger partial charge on any atom is 0.148 e. The number of hydrogen-bond acceptors (Lipinski definition) is 2. The molecule has 0 bridgehead atoms. The van der Waals surface area contributed by atoms with Crippen molar-refractivity contribution < 1.29 is 9.13 Å². The van der Waals surface area contributed by atoms with Crippen LogP contribution in [0.15, 0.2) is 12.4 Å². The summed E-state index contributed by atoms with van der Waals surface area (Å²) in [5, 5.41) is 4.04. The molecule has 1 aliphatic rings. The van der Waals surface area contributed by atoms with Gasteiger partial charge >= 0.3 is 0 Å². The Hall–Kier alpha value is -0.900. The molecule has 1 saturated heterocycles. The summed E-state index contributed by atoms with van der Waals surface area (Å²) in [6, 6.07) is -0.223. The van der Waals surface area contributed by atoms with Crippen LogP contribution in [0, 0.1) is 6.92 Å². The van der Waals surface area contributed by atoms with Gasteiger partial charge in [-0.1, -0.05) is 0 Å². The van der Waals surface area contributed by atoms with Crippen LogP contribution in [0.2, 0.25) is 0 Å². The molecule has 0 saturated carbocycles. The molecule has 1 aromatic heterocycles. The van der Waals surface area contributed by atoms with Gasteiger partial charge in [-0.25, -0.2) is 4.39 Å². The third-order valence-electron chi connectivity index (χ3n) is 2.05. The van der Waals surface area contributed by atoms with Crippen molar-refractivity contribution in [3.05, 3.63) is 18.0 Å². The fourth-order valence-electron chi connectivity index (χ4n) is 1.37. The van der Waals surface area contributed by atoms with Crippen molar-refractivity contribution in [2.75, 3.05) is 13.2 Å². The zero-order valence-electron chi connectivity index (χ0n) is 6.90. The van der Waals surface area contributed by atoms with Gasteiger partial charge in [0.15, 0.2) is 0 Å². The highest BCUT2D eigenvalue weighted by atomic mass is 19.1. The number of halogens is 1. The Balaban J connectivity index is 2.19. The van der Waals surface area contributed by atoms with Crippen LogP contribution >= 0.6 is 0 Å². The van der Waals surface area contributed by atoms with Crippen molar-refractivity contribution in [1.82, 2.24) is 9.78 Å². The molecule has 2 atom stereocenters. The largest absolute Gasteiger partial charge is 0.376 e. The van der Waals surface area contributed by atoms with Gasteiger partial charge < -0.3 is 4.74 Å². The molecule has 0 unspecified atom stereocenters. The van der Waals surface area contributed by atoms with E-state index in [4.69, 9.17) is 4.74 Å². The van der Waals surface area contributed by atoms with E-state index in [9.17, 15) is 4.39 Å². The third kappa shape index (κ3) is 1.22. The molecule has 12 heavy (non-hydrogen) atoms. The molecule has 0 N–H and O–H groups in total. The third-order valence-corrected chi connectivity index (χ3v) is 2.05. The second-order valence-electron chi connectivity index (χ2n) is 3.12. The number of nitrogens with zero attached hydrogens (tertiary/aromatic N) is 2. The van der Waals surface area contributed by atoms with Crippen molar-refractivity contribution in [1.29, 1.82) is 0 Å². The van der Waals surface area contributed by atoms with Gasteiger partial charge in [0.1, 0.15) is 12.2 Å². The molecule has 1 aromatic rings. The minimum Gasteiger partial charge on any atom is -0.376 e. The second-order valence-corrected chi connectivity index (χ2v) is 3.12. The minimum absolute atomic E-state index is 0.198. The van der Waals surface area contributed by atoms with Gasteiger partial charge in [0, 0.05) is 6.20 Å². The van der Waals surface area contributed by atoms with E-state index in [-0.39, 0.29) is 12.6 Å². The van der Waals surface area contributed by atoms with Crippen LogP contribution in [0.1, 0.15) is 11.6 Å². The summed E-state index contributed by atoms with van der Waals surface area (Å²) in [5.74, 6) is 0. The Morgan fingerprint density at radius 2 is 2.50 bits per heavy atom. The molecule has 0 spiro atoms. The molecule has 2 rings (SSSR count). The fraction of sp³-hybridized carbons (Fsp3) is 0.625. The van der Waals surface area contributed by atoms with E-state index in [1.807, 2.05) is 13.1 Å². The lowest BCUT2D eigenvalue weighted by Gasteiger charge is -2.10. The summed E-state index contributed by atoms with van der Waals surface area (Å²) in [5.41, 5.74) is 1.05. The summed E-state index contributed by atoms with van der Waals surface area (Å²) in [6.07, 6.45) is 2.65. The minimum atomic E-state index is -0.913. The average molecular weight is 170 g/mol. The average Bonchev–Trinajstić information content (AvgIpc) is 2.58. The quantitative estimate of drug-likeness (QED) is 0.631. The standard InChI is InChI=1S/C8H11FN2O/c1-6-2-10-11(3-6)8-5-12-4-7(8)9/h2-3,7-8H,4-5H2,1H3/t7-,8-/m1/s1. The highest BCUT2D eigenvalue weighted by molar-refractivity contribution is 5.01. The Labute approximate surface area is 70.1 Å². The van der Waals surface area contributed by atoms with Crippen LogP contribution < -0.4 is 0 Å². The molecule has 0 aliphatic carbocycles. The van der Waals surface area contributed by atoms with Gasteiger partial charge in [-0.2, -0.15) is 5.10 Å². The van der Waals surface area contributed by atoms with Crippen molar-refractivity contribution in [2.45, 2.75) is 19.1 Å². The lowest BCUT2D eigenvalue weighted by atomic mass is 10.2. The zero-order chi connectivity index (χ0) is 8.55. The van der Waals surface area contributed by atoms with E-state index in [0.717, 1.165) is 5.56 Å². The Kier molecular flexibility index (Phi) is 1.84. The number of rotatable bonds is 1. The van der Waals surface area contributed by atoms with E-state index < -0.39 is 6.17 Å². The maximum atomic E-state index is 13.1. The Morgan fingerprint density at radius 1 is 1.67 bits per heavy atom. The monoisotopic (exact) mass is 170 g/mol. The summed E-state index contributed by atoms with van der Waals surface area (Å²) in [4.78, 5) is 0. The number of hydrogen-bond donors (Lipinski definition) is 0. The van der Waals surface area contributed by atoms with Crippen molar-refractivity contribution in [3.8, 4) is 0 Å². The molecule has 1 aliphatic heterocycles. The summed E-state index contributed by atoms with van der Waals surface area (Å²) >= 11 is 0. The van der Waals surface area contributed by atoms with Crippen LogP contribution in [0.4, 0.5) is 4.39 Å². The van der Waals surface area contributed by atoms with Gasteiger partial charge in [0.2, 0.25) is 0 Å². The first-order chi connectivity index (χ1) is 5.77. The van der Waals surface area contributed by atoms with E-state index in [1.165, 1.54) is 0 Å². The van der Waals surface area contributed by atoms with Crippen LogP contribution in [-0.2, 0) is 4.74 Å². The molecule has 1 fully saturated rings. The van der Waals surface area contributed by atoms with Gasteiger partial charge in [-0.05, 0) is 12.5 Å². The highest BCUT2D eigenvalue weighted by Crippen LogP contribution is 2.21. The van der Waals surface area contributed by atoms with Gasteiger partial charge in [-0.15, -0.1) is 0 Å². The van der Waals surface area contributed by atoms with Crippen LogP contribution in [0.5, 0.6) is 0 Å². The van der Waals surface area contributed by atoms with Crippen molar-refractivity contribution >= 4 is 0 Å². The van der Waals surface area contributed by atoms with Crippen LogP contribution in [-0.4, -0.2) is 29.2 Å². The van der Waals surface area contributed by atoms with E-state index in [1.54, 1.807) is 10.9 Å². The van der Waals surface area contributed by atoms with Gasteiger partial charge in [0.25, 0.3) is 0 Å². The Morgan fingerprint density at radius 3 is 3.00 bits per heavy atom. The normalized spacial score (nSPS) is 29.5. The summed E-state index contributed by atoms with van der Waals surface area (Å²) < 4.78 is 19.7. The molecule has 0 aromatic carbocycles. The molecule has 66 valence electrons. The SMILES string of the molecule is Cc1cnn([C@@H]2COC[C@H]2F)c1. The number of aryl methyl sites for hydroxylation is 1. The molecular weight excluding hydrogens is 159 g/mol. The number of ether oxygens (including phenoxy) is 1. The predicted octanol–water partition coefficient (Wildman–Crippen LogP) is 1.10. The van der Waals surface area contributed by atoms with Crippen molar-refractivity contribution in [2.24, 2.45) is 0 Å². The van der Waals surface area contributed by atoms with Crippen molar-refractivity contribution in [3.63, 3.8) is 0 Å². The topological polar surface area (TPSA) is 27.1 Å². The highest BCUT2D eigenvalue weighted by Gasteiger charge is 2.29. The number of aromatic nitrogens is 2. The molecular formula is C8H11FN2O. The smallest absolute Gasteiger partial charge is 0.148 e. The van der Waals surface area contributed by atoms with E-state index >= 15 is 0 Å². The first-order valence-electron chi connectivity index (χ1n) is 4.00. The van der Waals surface area contributed by atoms with Gasteiger partial charge in [0.05, 0.1) is 19.4 Å². The van der Waals surface area contributed by atoms with E-state index in [0.29, 0.717) is 6.61 Å². The molecule has 0 radical (unpaired) electrons. The van der Waals surface area contributed by atoms with Crippen LogP contribution in [0.3, 0.4) is 0 Å². The molecule has 0 amide bonds. The predicted molar refractivity (Wildman–Crippen MR) is 41.7 cm³/mol. The fourth-order valence-corrected chi connectivity index (χ4v) is 1.37. The Bertz CT molecular complexity index is 274. The summed E-state index contributed by atoms with van der Waals surface area (Å²) in [6.45, 7) is 2.57. The second kappa shape index (κ2) is 2.86. The first kappa shape index (κ1) is 7.73. The van der Waals surface area contributed by atoms with Gasteiger partial charge in [-0.3, -0.25) is 4.68 Å². The molecule has 2 heterocycles. The summed E-state index contributed by atoms with van der Waals surface area (Å²) in [7, 11) is 0. The first-order valence-corrected chi connectivity index (χ1v) is 4.00. The van der Waals surface area contributed by atoms with Crippen LogP contribution in [0.25, 0.3) is 0 Å². The maximum absolute atomic E-state index is 13.1. The molecule has 3 nitrogen and oxygen atoms in total. The van der Waals surface area contributed by atoms with E-state index in [2.05, 4.69) is 5.10 Å². The zero-order valence-corrected chi connectivity index (χ0v) is 6.90.